The van der Waals surface area contributed by atoms with E-state index in [2.05, 4.69) is 0 Å². The van der Waals surface area contributed by atoms with Gasteiger partial charge in [0.15, 0.2) is 0 Å². The van der Waals surface area contributed by atoms with Crippen LogP contribution in [0.3, 0.4) is 0 Å². The highest BCUT2D eigenvalue weighted by Gasteiger charge is 2.40. The van der Waals surface area contributed by atoms with Crippen LogP contribution in [0.4, 0.5) is 9.59 Å². The summed E-state index contributed by atoms with van der Waals surface area (Å²) in [4.78, 5) is 41.5. The van der Waals surface area contributed by atoms with Gasteiger partial charge in [0.25, 0.3) is 0 Å². The van der Waals surface area contributed by atoms with Crippen LogP contribution in [0.25, 0.3) is 0 Å². The summed E-state index contributed by atoms with van der Waals surface area (Å²) < 4.78 is 10.8. The lowest BCUT2D eigenvalue weighted by Crippen LogP contribution is -2.44. The van der Waals surface area contributed by atoms with Crippen LogP contribution in [-0.2, 0) is 20.7 Å². The number of hydrogen-bond donors (Lipinski definition) is 1. The molecule has 0 spiro atoms. The van der Waals surface area contributed by atoms with E-state index >= 15 is 0 Å². The van der Waals surface area contributed by atoms with E-state index in [1.165, 1.54) is 4.90 Å². The second-order valence-electron chi connectivity index (χ2n) is 10.7. The Labute approximate surface area is 209 Å². The largest absolute Gasteiger partial charge is 0.447 e. The highest BCUT2D eigenvalue weighted by Crippen LogP contribution is 2.29. The van der Waals surface area contributed by atoms with Crippen molar-refractivity contribution in [2.24, 2.45) is 17.6 Å². The summed E-state index contributed by atoms with van der Waals surface area (Å²) in [6.07, 6.45) is 4.55. The van der Waals surface area contributed by atoms with Crippen LogP contribution >= 0.6 is 0 Å². The molecule has 194 valence electrons. The molecule has 0 bridgehead atoms. The van der Waals surface area contributed by atoms with Crippen molar-refractivity contribution in [1.82, 2.24) is 9.80 Å². The first-order valence-corrected chi connectivity index (χ1v) is 12.9. The average Bonchev–Trinajstić information content (AvgIpc) is 3.18. The zero-order valence-electron chi connectivity index (χ0n) is 21.4. The van der Waals surface area contributed by atoms with Crippen molar-refractivity contribution >= 4 is 18.1 Å². The molecule has 8 heteroatoms. The third-order valence-electron chi connectivity index (χ3n) is 6.81. The fourth-order valence-corrected chi connectivity index (χ4v) is 4.89. The number of likely N-dealkylation sites (tertiary alicyclic amines) is 1. The molecule has 3 amide bonds. The van der Waals surface area contributed by atoms with Gasteiger partial charge in [0.1, 0.15) is 12.2 Å². The van der Waals surface area contributed by atoms with Crippen LogP contribution in [0.5, 0.6) is 0 Å². The highest BCUT2D eigenvalue weighted by atomic mass is 16.6. The van der Waals surface area contributed by atoms with Crippen molar-refractivity contribution in [3.05, 3.63) is 35.9 Å². The summed E-state index contributed by atoms with van der Waals surface area (Å²) >= 11 is 0. The smallest absolute Gasteiger partial charge is 0.416 e. The number of nitrogens with zero attached hydrogens (tertiary/aromatic N) is 2. The zero-order chi connectivity index (χ0) is 25.4. The summed E-state index contributed by atoms with van der Waals surface area (Å²) in [6, 6.07) is 9.58. The number of ether oxygens (including phenoxy) is 2. The van der Waals surface area contributed by atoms with Crippen LogP contribution in [0.2, 0.25) is 0 Å². The van der Waals surface area contributed by atoms with E-state index < -0.39 is 11.7 Å². The van der Waals surface area contributed by atoms with Crippen molar-refractivity contribution in [1.29, 1.82) is 0 Å². The second-order valence-corrected chi connectivity index (χ2v) is 10.7. The van der Waals surface area contributed by atoms with Gasteiger partial charge < -0.3 is 20.1 Å². The molecule has 2 fully saturated rings. The predicted octanol–water partition coefficient (Wildman–Crippen LogP) is 4.36. The zero-order valence-corrected chi connectivity index (χ0v) is 21.4. The Morgan fingerprint density at radius 1 is 1.14 bits per heavy atom. The monoisotopic (exact) mass is 487 g/mol. The van der Waals surface area contributed by atoms with E-state index in [-0.39, 0.29) is 30.6 Å². The Hall–Kier alpha value is -2.61. The van der Waals surface area contributed by atoms with Gasteiger partial charge in [-0.05, 0) is 83.7 Å². The standard InChI is InChI=1S/C27H41N3O5/c1-27(2,3)35-25(32)29-16-13-20(14-17-29)11-12-22(10-7-15-28)24(31)30-23(19-34-26(30)33)18-21-8-5-4-6-9-21/h4-6,8-9,20,22-23H,7,10-19,28H2,1-3H3/t22-,23-/m1/s1. The molecule has 0 aromatic heterocycles. The molecule has 1 aromatic carbocycles. The first-order valence-electron chi connectivity index (χ1n) is 12.9. The summed E-state index contributed by atoms with van der Waals surface area (Å²) in [5, 5.41) is 0. The average molecular weight is 488 g/mol. The molecule has 0 radical (unpaired) electrons. The molecule has 2 saturated heterocycles. The molecule has 0 saturated carbocycles. The summed E-state index contributed by atoms with van der Waals surface area (Å²) in [6.45, 7) is 7.68. The number of benzene rings is 1. The number of carbonyl (C=O) groups is 3. The number of imide groups is 1. The maximum atomic E-state index is 13.5. The van der Waals surface area contributed by atoms with E-state index in [1.807, 2.05) is 51.1 Å². The van der Waals surface area contributed by atoms with Crippen molar-refractivity contribution in [3.8, 4) is 0 Å². The lowest BCUT2D eigenvalue weighted by Gasteiger charge is -2.34. The van der Waals surface area contributed by atoms with Gasteiger partial charge in [-0.15, -0.1) is 0 Å². The minimum Gasteiger partial charge on any atom is -0.447 e. The van der Waals surface area contributed by atoms with Crippen LogP contribution in [0.15, 0.2) is 30.3 Å². The van der Waals surface area contributed by atoms with Gasteiger partial charge in [-0.3, -0.25) is 4.79 Å². The molecule has 2 atom stereocenters. The minimum absolute atomic E-state index is 0.145. The third kappa shape index (κ3) is 7.95. The van der Waals surface area contributed by atoms with E-state index in [1.54, 1.807) is 4.90 Å². The van der Waals surface area contributed by atoms with Gasteiger partial charge in [-0.25, -0.2) is 14.5 Å². The first kappa shape index (κ1) is 27.0. The molecular weight excluding hydrogens is 446 g/mol. The van der Waals surface area contributed by atoms with E-state index in [4.69, 9.17) is 15.2 Å². The van der Waals surface area contributed by atoms with Gasteiger partial charge in [0, 0.05) is 19.0 Å². The van der Waals surface area contributed by atoms with E-state index in [9.17, 15) is 14.4 Å². The first-order chi connectivity index (χ1) is 16.7. The van der Waals surface area contributed by atoms with Gasteiger partial charge in [-0.1, -0.05) is 30.3 Å². The maximum Gasteiger partial charge on any atom is 0.416 e. The number of nitrogens with two attached hydrogens (primary N) is 1. The van der Waals surface area contributed by atoms with Crippen LogP contribution in [0.1, 0.15) is 64.9 Å². The van der Waals surface area contributed by atoms with Crippen molar-refractivity contribution < 1.29 is 23.9 Å². The third-order valence-corrected chi connectivity index (χ3v) is 6.81. The van der Waals surface area contributed by atoms with E-state index in [0.717, 1.165) is 31.2 Å². The Kier molecular flexibility index (Phi) is 9.55. The van der Waals surface area contributed by atoms with Crippen molar-refractivity contribution in [3.63, 3.8) is 0 Å². The summed E-state index contributed by atoms with van der Waals surface area (Å²) in [5.41, 5.74) is 6.32. The Balaban J connectivity index is 1.56. The highest BCUT2D eigenvalue weighted by molar-refractivity contribution is 5.94. The maximum absolute atomic E-state index is 13.5. The Bertz CT molecular complexity index is 846. The predicted molar refractivity (Wildman–Crippen MR) is 134 cm³/mol. The number of hydrogen-bond acceptors (Lipinski definition) is 6. The molecule has 2 N–H and O–H groups in total. The normalized spacial score (nSPS) is 20.0. The van der Waals surface area contributed by atoms with Crippen LogP contribution in [-0.4, -0.2) is 65.8 Å². The lowest BCUT2D eigenvalue weighted by molar-refractivity contribution is -0.134. The minimum atomic E-state index is -0.542. The van der Waals surface area contributed by atoms with Gasteiger partial charge in [0.2, 0.25) is 5.91 Å². The fourth-order valence-electron chi connectivity index (χ4n) is 4.89. The van der Waals surface area contributed by atoms with Crippen LogP contribution < -0.4 is 5.73 Å². The number of carbonyl (C=O) groups excluding carboxylic acids is 3. The molecule has 2 aliphatic rings. The van der Waals surface area contributed by atoms with Gasteiger partial charge in [-0.2, -0.15) is 0 Å². The Morgan fingerprint density at radius 2 is 1.83 bits per heavy atom. The van der Waals surface area contributed by atoms with Crippen molar-refractivity contribution in [2.75, 3.05) is 26.2 Å². The summed E-state index contributed by atoms with van der Waals surface area (Å²) in [7, 11) is 0. The quantitative estimate of drug-likeness (QED) is 0.555. The van der Waals surface area contributed by atoms with Crippen molar-refractivity contribution in [2.45, 2.75) is 77.4 Å². The van der Waals surface area contributed by atoms with E-state index in [0.29, 0.717) is 44.8 Å². The number of piperidine rings is 1. The molecule has 2 heterocycles. The molecule has 8 nitrogen and oxygen atoms in total. The second kappa shape index (κ2) is 12.4. The lowest BCUT2D eigenvalue weighted by atomic mass is 9.86. The SMILES string of the molecule is CC(C)(C)OC(=O)N1CCC(CC[C@@H](CCCN)C(=O)N2C(=O)OC[C@H]2Cc2ccccc2)CC1. The topological polar surface area (TPSA) is 102 Å². The molecule has 0 unspecified atom stereocenters. The fraction of sp³-hybridized carbons (Fsp3) is 0.667. The van der Waals surface area contributed by atoms with Crippen LogP contribution in [0, 0.1) is 11.8 Å². The van der Waals surface area contributed by atoms with Gasteiger partial charge in [0.05, 0.1) is 6.04 Å². The molecule has 3 rings (SSSR count). The molecular formula is C27H41N3O5. The summed E-state index contributed by atoms with van der Waals surface area (Å²) in [5.74, 6) is 0.0342. The molecule has 35 heavy (non-hydrogen) atoms. The number of cyclic esters (lactones) is 1. The molecule has 1 aromatic rings. The Morgan fingerprint density at radius 3 is 2.46 bits per heavy atom. The molecule has 0 aliphatic carbocycles. The van der Waals surface area contributed by atoms with Gasteiger partial charge >= 0.3 is 12.2 Å². The number of amides is 3. The molecule has 2 aliphatic heterocycles. The number of rotatable bonds is 9.